The van der Waals surface area contributed by atoms with E-state index >= 15 is 0 Å². The van der Waals surface area contributed by atoms with Crippen molar-refractivity contribution < 1.29 is 12.6 Å². The first-order valence-corrected chi connectivity index (χ1v) is 10.2. The minimum atomic E-state index is -3.92. The highest BCUT2D eigenvalue weighted by molar-refractivity contribution is 7.87. The van der Waals surface area contributed by atoms with E-state index in [1.807, 2.05) is 49.4 Å². The summed E-state index contributed by atoms with van der Waals surface area (Å²) in [6.45, 7) is 1.99. The molecule has 0 radical (unpaired) electrons. The minimum Gasteiger partial charge on any atom is -0.266 e. The van der Waals surface area contributed by atoms with E-state index in [0.29, 0.717) is 11.8 Å². The first-order chi connectivity index (χ1) is 12.5. The molecule has 0 aliphatic carbocycles. The fraction of sp³-hybridized carbons (Fsp3) is 0.143. The Labute approximate surface area is 157 Å². The number of hydrogen-bond acceptors (Lipinski definition) is 3. The number of fused-ring (bicyclic) bond motifs is 5. The van der Waals surface area contributed by atoms with Crippen molar-refractivity contribution in [1.29, 1.82) is 0 Å². The molecular formula is C21H17ClO3S. The highest BCUT2D eigenvalue weighted by Crippen LogP contribution is 2.37. The highest BCUT2D eigenvalue weighted by atomic mass is 35.5. The van der Waals surface area contributed by atoms with E-state index in [2.05, 4.69) is 12.1 Å². The first kappa shape index (κ1) is 17.3. The van der Waals surface area contributed by atoms with Crippen LogP contribution in [-0.4, -0.2) is 15.0 Å². The summed E-state index contributed by atoms with van der Waals surface area (Å²) in [5.74, 6) is 0. The zero-order chi connectivity index (χ0) is 18.3. The van der Waals surface area contributed by atoms with Crippen LogP contribution in [-0.2, 0) is 14.3 Å². The molecule has 0 heterocycles. The summed E-state index contributed by atoms with van der Waals surface area (Å²) in [6, 6.07) is 19.5. The molecular weight excluding hydrogens is 368 g/mol. The summed E-state index contributed by atoms with van der Waals surface area (Å²) in [5.41, 5.74) is 0. The van der Waals surface area contributed by atoms with Gasteiger partial charge in [0.25, 0.3) is 10.1 Å². The zero-order valence-electron chi connectivity index (χ0n) is 14.2. The Balaban J connectivity index is 2.08. The predicted molar refractivity (Wildman–Crippen MR) is 107 cm³/mol. The molecule has 0 spiro atoms. The third kappa shape index (κ3) is 2.75. The van der Waals surface area contributed by atoms with Gasteiger partial charge in [0.05, 0.1) is 11.6 Å². The van der Waals surface area contributed by atoms with E-state index in [0.717, 1.165) is 26.9 Å². The fourth-order valence-corrected chi connectivity index (χ4v) is 5.06. The lowest BCUT2D eigenvalue weighted by Crippen LogP contribution is -2.08. The van der Waals surface area contributed by atoms with Crippen LogP contribution in [0.1, 0.15) is 13.3 Å². The Kier molecular flexibility index (Phi) is 4.35. The zero-order valence-corrected chi connectivity index (χ0v) is 15.8. The largest absolute Gasteiger partial charge is 0.299 e. The second kappa shape index (κ2) is 6.54. The smallest absolute Gasteiger partial charge is 0.266 e. The van der Waals surface area contributed by atoms with Crippen LogP contribution in [0.5, 0.6) is 0 Å². The van der Waals surface area contributed by atoms with E-state index in [4.69, 9.17) is 15.8 Å². The molecule has 5 heteroatoms. The van der Waals surface area contributed by atoms with E-state index in [9.17, 15) is 8.42 Å². The lowest BCUT2D eigenvalue weighted by molar-refractivity contribution is 0.318. The van der Waals surface area contributed by atoms with Gasteiger partial charge in [-0.3, -0.25) is 4.18 Å². The molecule has 0 saturated heterocycles. The maximum absolute atomic E-state index is 12.7. The van der Waals surface area contributed by atoms with Gasteiger partial charge in [-0.15, -0.1) is 0 Å². The molecule has 0 bridgehead atoms. The summed E-state index contributed by atoms with van der Waals surface area (Å²) < 4.78 is 30.5. The van der Waals surface area contributed by atoms with Crippen molar-refractivity contribution in [1.82, 2.24) is 0 Å². The van der Waals surface area contributed by atoms with Crippen molar-refractivity contribution in [3.8, 4) is 0 Å². The van der Waals surface area contributed by atoms with Gasteiger partial charge in [-0.2, -0.15) is 8.42 Å². The van der Waals surface area contributed by atoms with Crippen molar-refractivity contribution >= 4 is 54.0 Å². The van der Waals surface area contributed by atoms with E-state index in [-0.39, 0.29) is 16.5 Å². The van der Waals surface area contributed by atoms with Crippen LogP contribution >= 0.6 is 11.6 Å². The molecule has 4 aromatic carbocycles. The third-order valence-electron chi connectivity index (χ3n) is 4.52. The molecule has 26 heavy (non-hydrogen) atoms. The first-order valence-electron chi connectivity index (χ1n) is 8.45. The van der Waals surface area contributed by atoms with Crippen LogP contribution in [0.15, 0.2) is 65.6 Å². The van der Waals surface area contributed by atoms with Crippen molar-refractivity contribution in [2.45, 2.75) is 18.2 Å². The van der Waals surface area contributed by atoms with Gasteiger partial charge < -0.3 is 0 Å². The van der Waals surface area contributed by atoms with Crippen LogP contribution in [0.2, 0.25) is 5.02 Å². The molecule has 0 aliphatic heterocycles. The van der Waals surface area contributed by atoms with E-state index in [1.165, 1.54) is 0 Å². The van der Waals surface area contributed by atoms with Gasteiger partial charge in [0.2, 0.25) is 0 Å². The molecule has 0 amide bonds. The predicted octanol–water partition coefficient (Wildman–Crippen LogP) is 5.91. The average Bonchev–Trinajstić information content (AvgIpc) is 2.65. The molecule has 4 aromatic rings. The van der Waals surface area contributed by atoms with Crippen LogP contribution in [0, 0.1) is 0 Å². The van der Waals surface area contributed by atoms with Crippen LogP contribution < -0.4 is 0 Å². The summed E-state index contributed by atoms with van der Waals surface area (Å²) in [6.07, 6.45) is 0.608. The molecule has 132 valence electrons. The van der Waals surface area contributed by atoms with E-state index < -0.39 is 10.1 Å². The third-order valence-corrected chi connectivity index (χ3v) is 6.36. The lowest BCUT2D eigenvalue weighted by atomic mass is 9.97. The van der Waals surface area contributed by atoms with Gasteiger partial charge in [-0.25, -0.2) is 0 Å². The molecule has 0 unspecified atom stereocenters. The Morgan fingerprint density at radius 2 is 1.42 bits per heavy atom. The topological polar surface area (TPSA) is 43.4 Å². The van der Waals surface area contributed by atoms with Crippen molar-refractivity contribution in [2.75, 3.05) is 6.61 Å². The Morgan fingerprint density at radius 1 is 0.808 bits per heavy atom. The number of hydrogen-bond donors (Lipinski definition) is 0. The fourth-order valence-electron chi connectivity index (χ4n) is 3.36. The molecule has 0 aromatic heterocycles. The molecule has 4 rings (SSSR count). The van der Waals surface area contributed by atoms with Gasteiger partial charge in [0.1, 0.15) is 4.90 Å². The number of benzene rings is 4. The molecule has 0 fully saturated rings. The highest BCUT2D eigenvalue weighted by Gasteiger charge is 2.23. The molecule has 0 saturated carbocycles. The standard InChI is InChI=1S/C21H17ClO3S/c1-2-13-25-26(23,24)21-19-10-9-16-15-6-4-3-5-14(15)7-8-17(16)18(19)11-12-20(21)22/h3-12H,2,13H2,1H3. The van der Waals surface area contributed by atoms with Gasteiger partial charge in [-0.05, 0) is 39.4 Å². The lowest BCUT2D eigenvalue weighted by Gasteiger charge is -2.13. The Morgan fingerprint density at radius 3 is 2.23 bits per heavy atom. The summed E-state index contributed by atoms with van der Waals surface area (Å²) >= 11 is 6.25. The normalized spacial score (nSPS) is 12.2. The monoisotopic (exact) mass is 384 g/mol. The quantitative estimate of drug-likeness (QED) is 0.324. The summed E-state index contributed by atoms with van der Waals surface area (Å²) in [5, 5.41) is 5.95. The molecule has 3 nitrogen and oxygen atoms in total. The van der Waals surface area contributed by atoms with Crippen LogP contribution in [0.25, 0.3) is 32.3 Å². The average molecular weight is 385 g/mol. The second-order valence-electron chi connectivity index (χ2n) is 6.20. The SMILES string of the molecule is CCCOS(=O)(=O)c1c(Cl)ccc2c1ccc1c3ccccc3ccc21. The summed E-state index contributed by atoms with van der Waals surface area (Å²) in [4.78, 5) is 0.0418. The van der Waals surface area contributed by atoms with Gasteiger partial charge in [0, 0.05) is 5.39 Å². The van der Waals surface area contributed by atoms with Crippen LogP contribution in [0.4, 0.5) is 0 Å². The molecule has 0 atom stereocenters. The second-order valence-corrected chi connectivity index (χ2v) is 8.15. The Hall–Kier alpha value is -2.14. The molecule has 0 aliphatic rings. The van der Waals surface area contributed by atoms with Gasteiger partial charge in [-0.1, -0.05) is 73.1 Å². The van der Waals surface area contributed by atoms with Crippen molar-refractivity contribution in [2.24, 2.45) is 0 Å². The van der Waals surface area contributed by atoms with Gasteiger partial charge in [0.15, 0.2) is 0 Å². The van der Waals surface area contributed by atoms with Gasteiger partial charge >= 0.3 is 0 Å². The maximum Gasteiger partial charge on any atom is 0.299 e. The number of rotatable bonds is 4. The van der Waals surface area contributed by atoms with E-state index in [1.54, 1.807) is 6.07 Å². The van der Waals surface area contributed by atoms with Crippen LogP contribution in [0.3, 0.4) is 0 Å². The maximum atomic E-state index is 12.7. The summed E-state index contributed by atoms with van der Waals surface area (Å²) in [7, 11) is -3.92. The Bertz CT molecular complexity index is 1250. The van der Waals surface area contributed by atoms with Crippen molar-refractivity contribution in [3.05, 3.63) is 65.7 Å². The van der Waals surface area contributed by atoms with Crippen molar-refractivity contribution in [3.63, 3.8) is 0 Å². The minimum absolute atomic E-state index is 0.0418. The molecule has 0 N–H and O–H groups in total. The number of halogens is 1.